The molecule has 0 fully saturated rings. The second-order valence-electron chi connectivity index (χ2n) is 4.41. The first-order valence-electron chi connectivity index (χ1n) is 6.12. The van der Waals surface area contributed by atoms with Crippen molar-refractivity contribution in [2.24, 2.45) is 0 Å². The molecule has 122 valence electrons. The van der Waals surface area contributed by atoms with E-state index in [4.69, 9.17) is 14.6 Å². The van der Waals surface area contributed by atoms with E-state index in [1.165, 1.54) is 32.4 Å². The first-order valence-corrected chi connectivity index (χ1v) is 8.01. The molecule has 1 atom stereocenters. The van der Waals surface area contributed by atoms with Gasteiger partial charge >= 0.3 is 5.97 Å². The first-order chi connectivity index (χ1) is 10.2. The number of ether oxygens (including phenoxy) is 2. The molecule has 9 heteroatoms. The molecule has 1 unspecified atom stereocenters. The fourth-order valence-electron chi connectivity index (χ4n) is 1.65. The summed E-state index contributed by atoms with van der Waals surface area (Å²) in [6.45, 7) is -0.267. The van der Waals surface area contributed by atoms with E-state index in [0.717, 1.165) is 6.26 Å². The molecule has 0 radical (unpaired) electrons. The molecular formula is C13H17NO7S. The SMILES string of the molecule is COc1ccc(S(C)(=O)=O)cc1C(=O)NCC(OC)C(=O)O. The first kappa shape index (κ1) is 17.9. The Morgan fingerprint density at radius 2 is 1.95 bits per heavy atom. The van der Waals surface area contributed by atoms with E-state index in [0.29, 0.717) is 0 Å². The molecule has 0 heterocycles. The van der Waals surface area contributed by atoms with Crippen LogP contribution >= 0.6 is 0 Å². The van der Waals surface area contributed by atoms with Gasteiger partial charge in [-0.1, -0.05) is 0 Å². The molecular weight excluding hydrogens is 314 g/mol. The molecule has 1 amide bonds. The lowest BCUT2D eigenvalue weighted by Crippen LogP contribution is -2.38. The van der Waals surface area contributed by atoms with Crippen LogP contribution in [0, 0.1) is 0 Å². The predicted molar refractivity (Wildman–Crippen MR) is 76.9 cm³/mol. The number of benzene rings is 1. The van der Waals surface area contributed by atoms with Gasteiger partial charge in [0.05, 0.1) is 24.1 Å². The molecule has 0 spiro atoms. The van der Waals surface area contributed by atoms with E-state index in [-0.39, 0.29) is 22.8 Å². The quantitative estimate of drug-likeness (QED) is 0.717. The normalized spacial score (nSPS) is 12.5. The van der Waals surface area contributed by atoms with Crippen LogP contribution in [0.1, 0.15) is 10.4 Å². The van der Waals surface area contributed by atoms with E-state index in [1.807, 2.05) is 0 Å². The summed E-state index contributed by atoms with van der Waals surface area (Å²) in [5.74, 6) is -1.71. The Hall–Kier alpha value is -2.13. The van der Waals surface area contributed by atoms with Gasteiger partial charge < -0.3 is 19.9 Å². The number of hydrogen-bond acceptors (Lipinski definition) is 6. The summed E-state index contributed by atoms with van der Waals surface area (Å²) in [7, 11) is -0.949. The molecule has 22 heavy (non-hydrogen) atoms. The molecule has 0 aliphatic heterocycles. The van der Waals surface area contributed by atoms with Crippen LogP contribution in [0.4, 0.5) is 0 Å². The Labute approximate surface area is 128 Å². The van der Waals surface area contributed by atoms with Crippen molar-refractivity contribution in [3.8, 4) is 5.75 Å². The van der Waals surface area contributed by atoms with Crippen LogP contribution < -0.4 is 10.1 Å². The third-order valence-corrected chi connectivity index (χ3v) is 3.96. The largest absolute Gasteiger partial charge is 0.496 e. The Balaban J connectivity index is 3.03. The van der Waals surface area contributed by atoms with Crippen LogP contribution in [-0.2, 0) is 19.4 Å². The number of rotatable bonds is 7. The summed E-state index contributed by atoms with van der Waals surface area (Å²) in [5, 5.41) is 11.2. The zero-order valence-electron chi connectivity index (χ0n) is 12.3. The second-order valence-corrected chi connectivity index (χ2v) is 6.42. The number of amides is 1. The van der Waals surface area contributed by atoms with Crippen LogP contribution in [0.25, 0.3) is 0 Å². The Bertz CT molecular complexity index is 669. The molecule has 8 nitrogen and oxygen atoms in total. The predicted octanol–water partition coefficient (Wildman–Crippen LogP) is -0.0719. The van der Waals surface area contributed by atoms with Crippen molar-refractivity contribution < 1.29 is 32.6 Å². The number of methoxy groups -OCH3 is 2. The van der Waals surface area contributed by atoms with Gasteiger partial charge in [0.2, 0.25) is 0 Å². The maximum atomic E-state index is 12.1. The summed E-state index contributed by atoms with van der Waals surface area (Å²) in [6, 6.07) is 3.85. The van der Waals surface area contributed by atoms with Gasteiger partial charge in [-0.3, -0.25) is 4.79 Å². The highest BCUT2D eigenvalue weighted by atomic mass is 32.2. The van der Waals surface area contributed by atoms with Gasteiger partial charge in [0.15, 0.2) is 15.9 Å². The van der Waals surface area contributed by atoms with E-state index in [9.17, 15) is 18.0 Å². The van der Waals surface area contributed by atoms with E-state index in [2.05, 4.69) is 5.32 Å². The summed E-state index contributed by atoms with van der Waals surface area (Å²) < 4.78 is 32.8. The van der Waals surface area contributed by atoms with Crippen molar-refractivity contribution in [3.63, 3.8) is 0 Å². The Morgan fingerprint density at radius 3 is 2.41 bits per heavy atom. The highest BCUT2D eigenvalue weighted by molar-refractivity contribution is 7.90. The second kappa shape index (κ2) is 7.23. The maximum absolute atomic E-state index is 12.1. The average Bonchev–Trinajstić information content (AvgIpc) is 2.45. The topological polar surface area (TPSA) is 119 Å². The minimum absolute atomic E-state index is 0.00864. The minimum atomic E-state index is -3.49. The third-order valence-electron chi connectivity index (χ3n) is 2.85. The van der Waals surface area contributed by atoms with Gasteiger partial charge in [0.1, 0.15) is 5.75 Å². The van der Waals surface area contributed by atoms with Gasteiger partial charge in [-0.15, -0.1) is 0 Å². The summed E-state index contributed by atoms with van der Waals surface area (Å²) in [5.41, 5.74) is -0.00864. The van der Waals surface area contributed by atoms with Crippen molar-refractivity contribution in [1.29, 1.82) is 0 Å². The number of sulfone groups is 1. The number of aliphatic carboxylic acids is 1. The monoisotopic (exact) mass is 331 g/mol. The number of nitrogens with one attached hydrogen (secondary N) is 1. The lowest BCUT2D eigenvalue weighted by Gasteiger charge is -2.13. The highest BCUT2D eigenvalue weighted by Gasteiger charge is 2.20. The molecule has 0 aliphatic rings. The van der Waals surface area contributed by atoms with Gasteiger partial charge in [0.25, 0.3) is 5.91 Å². The van der Waals surface area contributed by atoms with E-state index in [1.54, 1.807) is 0 Å². The van der Waals surface area contributed by atoms with Crippen molar-refractivity contribution in [3.05, 3.63) is 23.8 Å². The van der Waals surface area contributed by atoms with Crippen molar-refractivity contribution in [2.45, 2.75) is 11.0 Å². The maximum Gasteiger partial charge on any atom is 0.334 e. The average molecular weight is 331 g/mol. The lowest BCUT2D eigenvalue weighted by atomic mass is 10.2. The number of carboxylic acids is 1. The van der Waals surface area contributed by atoms with Gasteiger partial charge in [0, 0.05) is 13.4 Å². The fourth-order valence-corrected chi connectivity index (χ4v) is 2.29. The molecule has 0 bridgehead atoms. The van der Waals surface area contributed by atoms with Crippen LogP contribution in [0.5, 0.6) is 5.75 Å². The van der Waals surface area contributed by atoms with E-state index >= 15 is 0 Å². The molecule has 1 aromatic rings. The standard InChI is InChI=1S/C13H17NO7S/c1-20-10-5-4-8(22(3,18)19)6-9(10)12(15)14-7-11(21-2)13(16)17/h4-6,11H,7H2,1-3H3,(H,14,15)(H,16,17). The molecule has 1 aromatic carbocycles. The van der Waals surface area contributed by atoms with Gasteiger partial charge in [-0.2, -0.15) is 0 Å². The molecule has 1 rings (SSSR count). The summed E-state index contributed by atoms with van der Waals surface area (Å²) >= 11 is 0. The molecule has 0 saturated carbocycles. The van der Waals surface area contributed by atoms with Crippen molar-refractivity contribution in [1.82, 2.24) is 5.32 Å². The molecule has 0 aliphatic carbocycles. The van der Waals surface area contributed by atoms with Crippen LogP contribution in [0.2, 0.25) is 0 Å². The van der Waals surface area contributed by atoms with Crippen LogP contribution in [0.15, 0.2) is 23.1 Å². The Morgan fingerprint density at radius 1 is 1.32 bits per heavy atom. The minimum Gasteiger partial charge on any atom is -0.496 e. The lowest BCUT2D eigenvalue weighted by molar-refractivity contribution is -0.148. The van der Waals surface area contributed by atoms with Crippen molar-refractivity contribution >= 4 is 21.7 Å². The Kier molecular flexibility index (Phi) is 5.89. The fraction of sp³-hybridized carbons (Fsp3) is 0.385. The summed E-state index contributed by atoms with van der Waals surface area (Å²) in [6.07, 6.45) is -0.185. The molecule has 0 saturated heterocycles. The summed E-state index contributed by atoms with van der Waals surface area (Å²) in [4.78, 5) is 22.9. The van der Waals surface area contributed by atoms with Crippen LogP contribution in [0.3, 0.4) is 0 Å². The van der Waals surface area contributed by atoms with Crippen LogP contribution in [-0.4, -0.2) is 58.5 Å². The smallest absolute Gasteiger partial charge is 0.334 e. The number of carboxylic acid groups (broad SMARTS) is 1. The van der Waals surface area contributed by atoms with E-state index < -0.39 is 27.8 Å². The van der Waals surface area contributed by atoms with Crippen molar-refractivity contribution in [2.75, 3.05) is 27.0 Å². The zero-order chi connectivity index (χ0) is 16.9. The van der Waals surface area contributed by atoms with Gasteiger partial charge in [-0.25, -0.2) is 13.2 Å². The highest BCUT2D eigenvalue weighted by Crippen LogP contribution is 2.22. The number of carbonyl (C=O) groups is 2. The number of carbonyl (C=O) groups excluding carboxylic acids is 1. The van der Waals surface area contributed by atoms with Gasteiger partial charge in [-0.05, 0) is 18.2 Å². The zero-order valence-corrected chi connectivity index (χ0v) is 13.1. The third kappa shape index (κ3) is 4.43. The molecule has 0 aromatic heterocycles. The molecule has 2 N–H and O–H groups in total. The number of hydrogen-bond donors (Lipinski definition) is 2.